The molecule has 0 radical (unpaired) electrons. The number of aromatic nitrogens is 2. The Morgan fingerprint density at radius 2 is 2.04 bits per heavy atom. The summed E-state index contributed by atoms with van der Waals surface area (Å²) in [5.41, 5.74) is 10.3. The van der Waals surface area contributed by atoms with Crippen LogP contribution in [0.2, 0.25) is 0 Å². The minimum Gasteiger partial charge on any atom is -0.370 e. The van der Waals surface area contributed by atoms with Crippen molar-refractivity contribution in [1.82, 2.24) is 9.97 Å². The van der Waals surface area contributed by atoms with Gasteiger partial charge >= 0.3 is 0 Å². The van der Waals surface area contributed by atoms with Gasteiger partial charge < -0.3 is 5.73 Å². The summed E-state index contributed by atoms with van der Waals surface area (Å²) >= 11 is 3.30. The molecule has 3 aromatic rings. The van der Waals surface area contributed by atoms with Crippen LogP contribution in [-0.4, -0.2) is 21.6 Å². The number of amides is 1. The molecule has 0 fully saturated rings. The van der Waals surface area contributed by atoms with Gasteiger partial charge in [0, 0.05) is 22.6 Å². The average Bonchev–Trinajstić information content (AvgIpc) is 2.96. The van der Waals surface area contributed by atoms with Gasteiger partial charge in [0.2, 0.25) is 5.91 Å². The maximum Gasteiger partial charge on any atom is 0.218 e. The number of aryl methyl sites for hydroxylation is 3. The molecule has 2 aromatic heterocycles. The van der Waals surface area contributed by atoms with Crippen LogP contribution in [0.5, 0.6) is 0 Å². The van der Waals surface area contributed by atoms with Crippen LogP contribution < -0.4 is 5.73 Å². The summed E-state index contributed by atoms with van der Waals surface area (Å²) in [6.45, 7) is 6.43. The summed E-state index contributed by atoms with van der Waals surface area (Å²) in [7, 11) is 0. The number of primary amides is 1. The number of thioether (sulfide) groups is 1. The summed E-state index contributed by atoms with van der Waals surface area (Å²) < 4.78 is 0. The first-order valence-electron chi connectivity index (χ1n) is 8.26. The molecule has 25 heavy (non-hydrogen) atoms. The Kier molecular flexibility index (Phi) is 5.39. The zero-order valence-corrected chi connectivity index (χ0v) is 16.3. The number of rotatable bonds is 6. The van der Waals surface area contributed by atoms with Crippen molar-refractivity contribution in [2.45, 2.75) is 38.6 Å². The number of thiophene rings is 1. The van der Waals surface area contributed by atoms with Crippen molar-refractivity contribution in [2.75, 3.05) is 5.75 Å². The molecule has 2 N–H and O–H groups in total. The van der Waals surface area contributed by atoms with E-state index in [9.17, 15) is 4.79 Å². The Labute approximate surface area is 155 Å². The summed E-state index contributed by atoms with van der Waals surface area (Å²) in [6, 6.07) is 6.58. The molecule has 0 aliphatic heterocycles. The van der Waals surface area contributed by atoms with Crippen molar-refractivity contribution in [1.29, 1.82) is 0 Å². The number of nitrogens with two attached hydrogens (primary N) is 1. The zero-order valence-electron chi connectivity index (χ0n) is 14.6. The predicted octanol–water partition coefficient (Wildman–Crippen LogP) is 4.51. The van der Waals surface area contributed by atoms with Gasteiger partial charge in [0.05, 0.1) is 5.39 Å². The minimum atomic E-state index is -0.285. The van der Waals surface area contributed by atoms with Crippen LogP contribution in [0, 0.1) is 13.8 Å². The highest BCUT2D eigenvalue weighted by atomic mass is 32.2. The quantitative estimate of drug-likeness (QED) is 0.511. The normalized spacial score (nSPS) is 11.2. The molecule has 0 bridgehead atoms. The Balaban J connectivity index is 2.14. The topological polar surface area (TPSA) is 68.9 Å². The highest BCUT2D eigenvalue weighted by molar-refractivity contribution is 7.99. The van der Waals surface area contributed by atoms with Gasteiger partial charge in [0.15, 0.2) is 0 Å². The molecule has 130 valence electrons. The average molecular weight is 372 g/mol. The number of carbonyl (C=O) groups is 1. The van der Waals surface area contributed by atoms with E-state index in [4.69, 9.17) is 5.73 Å². The van der Waals surface area contributed by atoms with Gasteiger partial charge in [-0.25, -0.2) is 9.97 Å². The van der Waals surface area contributed by atoms with Gasteiger partial charge in [-0.1, -0.05) is 25.1 Å². The van der Waals surface area contributed by atoms with Crippen LogP contribution in [0.1, 0.15) is 29.3 Å². The molecule has 1 amide bonds. The molecule has 4 nitrogen and oxygen atoms in total. The largest absolute Gasteiger partial charge is 0.370 e. The predicted molar refractivity (Wildman–Crippen MR) is 106 cm³/mol. The molecular formula is C19H21N3OS2. The first-order chi connectivity index (χ1) is 12.0. The van der Waals surface area contributed by atoms with Gasteiger partial charge in [0.1, 0.15) is 16.2 Å². The lowest BCUT2D eigenvalue weighted by Crippen LogP contribution is -2.10. The van der Waals surface area contributed by atoms with Crippen LogP contribution in [0.3, 0.4) is 0 Å². The Hall–Kier alpha value is -1.92. The fourth-order valence-electron chi connectivity index (χ4n) is 2.76. The number of nitrogens with zero attached hydrogens (tertiary/aromatic N) is 2. The van der Waals surface area contributed by atoms with Crippen LogP contribution in [-0.2, 0) is 11.2 Å². The Bertz CT molecular complexity index is 934. The summed E-state index contributed by atoms with van der Waals surface area (Å²) in [6.07, 6.45) is 2.91. The van der Waals surface area contributed by atoms with E-state index in [1.54, 1.807) is 29.4 Å². The molecule has 0 atom stereocenters. The summed E-state index contributed by atoms with van der Waals surface area (Å²) in [5.74, 6) is 0.345. The van der Waals surface area contributed by atoms with E-state index in [0.717, 1.165) is 21.7 Å². The lowest BCUT2D eigenvalue weighted by Gasteiger charge is -2.09. The van der Waals surface area contributed by atoms with Gasteiger partial charge in [-0.15, -0.1) is 23.1 Å². The smallest absolute Gasteiger partial charge is 0.218 e. The third-order valence-electron chi connectivity index (χ3n) is 4.23. The number of hydrogen-bond acceptors (Lipinski definition) is 5. The van der Waals surface area contributed by atoms with Crippen molar-refractivity contribution in [2.24, 2.45) is 5.73 Å². The van der Waals surface area contributed by atoms with Gasteiger partial charge in [-0.05, 0) is 37.0 Å². The lowest BCUT2D eigenvalue weighted by atomic mass is 9.98. The summed E-state index contributed by atoms with van der Waals surface area (Å²) in [4.78, 5) is 22.3. The molecular weight excluding hydrogens is 350 g/mol. The van der Waals surface area contributed by atoms with E-state index < -0.39 is 0 Å². The standard InChI is InChI=1S/C19H21N3OS2/c1-4-14-16(13-6-5-11(2)12(3)9-13)17-18(24-8-7-15(20)23)21-10-22-19(17)25-14/h5-6,9-10H,4,7-8H2,1-3H3,(H2,20,23). The molecule has 0 saturated heterocycles. The van der Waals surface area contributed by atoms with Crippen molar-refractivity contribution >= 4 is 39.2 Å². The molecule has 0 aliphatic rings. The second-order valence-electron chi connectivity index (χ2n) is 5.98. The number of fused-ring (bicyclic) bond motifs is 1. The number of hydrogen-bond donors (Lipinski definition) is 1. The Morgan fingerprint density at radius 1 is 1.24 bits per heavy atom. The van der Waals surface area contributed by atoms with Gasteiger partial charge in [-0.3, -0.25) is 4.79 Å². The van der Waals surface area contributed by atoms with E-state index in [1.165, 1.54) is 27.1 Å². The number of carbonyl (C=O) groups excluding carboxylic acids is 1. The monoisotopic (exact) mass is 371 g/mol. The van der Waals surface area contributed by atoms with E-state index in [0.29, 0.717) is 12.2 Å². The van der Waals surface area contributed by atoms with Gasteiger partial charge in [-0.2, -0.15) is 0 Å². The molecule has 0 saturated carbocycles. The molecule has 3 rings (SSSR count). The van der Waals surface area contributed by atoms with Crippen molar-refractivity contribution in [3.8, 4) is 11.1 Å². The third kappa shape index (κ3) is 3.70. The maximum absolute atomic E-state index is 11.0. The molecule has 6 heteroatoms. The first-order valence-corrected chi connectivity index (χ1v) is 10.1. The zero-order chi connectivity index (χ0) is 18.0. The highest BCUT2D eigenvalue weighted by Crippen LogP contribution is 2.42. The highest BCUT2D eigenvalue weighted by Gasteiger charge is 2.18. The van der Waals surface area contributed by atoms with Crippen LogP contribution in [0.15, 0.2) is 29.6 Å². The molecule has 1 aromatic carbocycles. The maximum atomic E-state index is 11.0. The fraction of sp³-hybridized carbons (Fsp3) is 0.316. The van der Waals surface area contributed by atoms with Gasteiger partial charge in [0.25, 0.3) is 0 Å². The van der Waals surface area contributed by atoms with Crippen LogP contribution in [0.4, 0.5) is 0 Å². The molecule has 0 spiro atoms. The first kappa shape index (κ1) is 17.9. The van der Waals surface area contributed by atoms with Crippen molar-refractivity contribution in [3.63, 3.8) is 0 Å². The fourth-order valence-corrected chi connectivity index (χ4v) is 4.89. The van der Waals surface area contributed by atoms with Crippen LogP contribution in [0.25, 0.3) is 21.3 Å². The molecule has 0 aliphatic carbocycles. The van der Waals surface area contributed by atoms with E-state index >= 15 is 0 Å². The molecule has 0 unspecified atom stereocenters. The van der Waals surface area contributed by atoms with E-state index in [1.807, 2.05) is 0 Å². The number of benzene rings is 1. The molecule has 2 heterocycles. The second kappa shape index (κ2) is 7.54. The van der Waals surface area contributed by atoms with E-state index in [-0.39, 0.29) is 5.91 Å². The van der Waals surface area contributed by atoms with Crippen molar-refractivity contribution < 1.29 is 4.79 Å². The third-order valence-corrected chi connectivity index (χ3v) is 6.46. The van der Waals surface area contributed by atoms with Crippen molar-refractivity contribution in [3.05, 3.63) is 40.5 Å². The lowest BCUT2D eigenvalue weighted by molar-refractivity contribution is -0.117. The minimum absolute atomic E-state index is 0.285. The second-order valence-corrected chi connectivity index (χ2v) is 8.14. The summed E-state index contributed by atoms with van der Waals surface area (Å²) in [5, 5.41) is 2.03. The Morgan fingerprint density at radius 3 is 2.72 bits per heavy atom. The van der Waals surface area contributed by atoms with E-state index in [2.05, 4.69) is 48.9 Å². The van der Waals surface area contributed by atoms with Crippen LogP contribution >= 0.6 is 23.1 Å². The SMILES string of the molecule is CCc1sc2ncnc(SCCC(N)=O)c2c1-c1ccc(C)c(C)c1.